The quantitative estimate of drug-likeness (QED) is 0.714. The van der Waals surface area contributed by atoms with Gasteiger partial charge in [-0.15, -0.1) is 0 Å². The molecule has 0 spiro atoms. The van der Waals surface area contributed by atoms with Gasteiger partial charge in [0.25, 0.3) is 5.91 Å². The van der Waals surface area contributed by atoms with E-state index in [0.29, 0.717) is 31.2 Å². The molecule has 1 unspecified atom stereocenters. The Balaban J connectivity index is 1.66. The summed E-state index contributed by atoms with van der Waals surface area (Å²) in [7, 11) is 0. The molecule has 1 aromatic rings. The summed E-state index contributed by atoms with van der Waals surface area (Å²) in [5.74, 6) is 0.0220. The zero-order valence-electron chi connectivity index (χ0n) is 20.7. The number of hydrogen-bond donors (Lipinski definition) is 1. The van der Waals surface area contributed by atoms with Crippen LogP contribution in [0, 0.1) is 0 Å². The highest BCUT2D eigenvalue weighted by Gasteiger charge is 2.27. The number of rotatable bonds is 2. The van der Waals surface area contributed by atoms with Gasteiger partial charge in [0.1, 0.15) is 0 Å². The van der Waals surface area contributed by atoms with E-state index in [-0.39, 0.29) is 11.8 Å². The predicted molar refractivity (Wildman–Crippen MR) is 133 cm³/mol. The van der Waals surface area contributed by atoms with E-state index in [2.05, 4.69) is 4.90 Å². The molecule has 4 rings (SSSR count). The first-order chi connectivity index (χ1) is 16.5. The largest absolute Gasteiger partial charge is 0.391 e. The second-order valence-corrected chi connectivity index (χ2v) is 10.1. The summed E-state index contributed by atoms with van der Waals surface area (Å²) in [5, 5.41) is 10.1. The number of aliphatic hydroxyl groups is 1. The predicted octanol–water partition coefficient (Wildman–Crippen LogP) is 3.58. The molecule has 3 aliphatic rings. The van der Waals surface area contributed by atoms with Gasteiger partial charge in [0.2, 0.25) is 5.91 Å². The van der Waals surface area contributed by atoms with E-state index in [1.807, 2.05) is 23.1 Å². The van der Waals surface area contributed by atoms with Crippen LogP contribution < -0.4 is 4.90 Å². The van der Waals surface area contributed by atoms with E-state index in [0.717, 1.165) is 76.1 Å². The smallest absolute Gasteiger partial charge is 0.253 e. The first-order valence-electron chi connectivity index (χ1n) is 13.2. The van der Waals surface area contributed by atoms with Crippen LogP contribution in [0.15, 0.2) is 18.2 Å². The molecule has 2 saturated heterocycles. The first kappa shape index (κ1) is 25.1. The number of hydrogen-bond acceptors (Lipinski definition) is 5. The van der Waals surface area contributed by atoms with E-state index < -0.39 is 6.10 Å². The highest BCUT2D eigenvalue weighted by molar-refractivity contribution is 5.97. The maximum Gasteiger partial charge on any atom is 0.253 e. The Morgan fingerprint density at radius 3 is 2.41 bits per heavy atom. The minimum absolute atomic E-state index is 0.0281. The zero-order chi connectivity index (χ0) is 23.9. The Bertz CT molecular complexity index is 839. The number of nitrogens with zero attached hydrogens (tertiary/aromatic N) is 3. The van der Waals surface area contributed by atoms with Gasteiger partial charge < -0.3 is 19.6 Å². The molecule has 2 fully saturated rings. The lowest BCUT2D eigenvalue weighted by Crippen LogP contribution is -2.42. The molecule has 0 bridgehead atoms. The highest BCUT2D eigenvalue weighted by Crippen LogP contribution is 2.29. The van der Waals surface area contributed by atoms with Crippen LogP contribution >= 0.6 is 0 Å². The number of anilines is 1. The molecule has 7 heteroatoms. The summed E-state index contributed by atoms with van der Waals surface area (Å²) in [5.41, 5.74) is 2.63. The van der Waals surface area contributed by atoms with E-state index in [1.54, 1.807) is 11.8 Å². The molecule has 188 valence electrons. The van der Waals surface area contributed by atoms with Crippen LogP contribution in [-0.2, 0) is 16.1 Å². The number of carbonyl (C=O) groups excluding carboxylic acids is 2. The Morgan fingerprint density at radius 2 is 1.68 bits per heavy atom. The summed E-state index contributed by atoms with van der Waals surface area (Å²) in [6.07, 6.45) is 8.89. The molecule has 3 heterocycles. The SMILES string of the molecule is CC(=O)N1CCCCCCCN(C2CCOCC2)Cc2cc(C(=O)N3CCCC(O)C3)ccc21. The van der Waals surface area contributed by atoms with Crippen molar-refractivity contribution < 1.29 is 19.4 Å². The van der Waals surface area contributed by atoms with Crippen molar-refractivity contribution in [2.24, 2.45) is 0 Å². The maximum atomic E-state index is 13.3. The third-order valence-electron chi connectivity index (χ3n) is 7.59. The molecular formula is C27H41N3O4. The average Bonchev–Trinajstić information content (AvgIpc) is 2.84. The number of likely N-dealkylation sites (tertiary alicyclic amines) is 1. The van der Waals surface area contributed by atoms with Gasteiger partial charge in [0.05, 0.1) is 6.10 Å². The number of amides is 2. The Morgan fingerprint density at radius 1 is 0.941 bits per heavy atom. The van der Waals surface area contributed by atoms with Gasteiger partial charge in [0, 0.05) is 63.6 Å². The first-order valence-corrected chi connectivity index (χ1v) is 13.2. The summed E-state index contributed by atoms with van der Waals surface area (Å²) in [4.78, 5) is 32.2. The van der Waals surface area contributed by atoms with E-state index in [9.17, 15) is 14.7 Å². The Hall–Kier alpha value is -1.96. The van der Waals surface area contributed by atoms with Gasteiger partial charge >= 0.3 is 0 Å². The molecule has 0 aliphatic carbocycles. The minimum Gasteiger partial charge on any atom is -0.391 e. The lowest BCUT2D eigenvalue weighted by Gasteiger charge is -2.36. The number of carbonyl (C=O) groups is 2. The van der Waals surface area contributed by atoms with Crippen molar-refractivity contribution in [2.75, 3.05) is 44.3 Å². The van der Waals surface area contributed by atoms with Crippen LogP contribution in [0.5, 0.6) is 0 Å². The Kier molecular flexibility index (Phi) is 8.98. The molecular weight excluding hydrogens is 430 g/mol. The number of ether oxygens (including phenoxy) is 1. The average molecular weight is 472 g/mol. The zero-order valence-corrected chi connectivity index (χ0v) is 20.7. The number of aliphatic hydroxyl groups excluding tert-OH is 1. The van der Waals surface area contributed by atoms with E-state index in [4.69, 9.17) is 4.74 Å². The molecule has 34 heavy (non-hydrogen) atoms. The van der Waals surface area contributed by atoms with Crippen LogP contribution in [0.4, 0.5) is 5.69 Å². The molecule has 3 aliphatic heterocycles. The normalized spacial score (nSPS) is 24.1. The molecule has 0 saturated carbocycles. The van der Waals surface area contributed by atoms with Gasteiger partial charge in [-0.1, -0.05) is 19.3 Å². The summed E-state index contributed by atoms with van der Waals surface area (Å²) in [6, 6.07) is 6.31. The molecule has 0 radical (unpaired) electrons. The van der Waals surface area contributed by atoms with Gasteiger partial charge in [0.15, 0.2) is 0 Å². The second-order valence-electron chi connectivity index (χ2n) is 10.1. The fourth-order valence-electron chi connectivity index (χ4n) is 5.65. The van der Waals surface area contributed by atoms with Crippen molar-refractivity contribution in [2.45, 2.75) is 83.4 Å². The lowest BCUT2D eigenvalue weighted by atomic mass is 10.00. The van der Waals surface area contributed by atoms with Crippen molar-refractivity contribution in [3.63, 3.8) is 0 Å². The third kappa shape index (κ3) is 6.37. The van der Waals surface area contributed by atoms with Gasteiger partial charge in [-0.05, 0) is 68.8 Å². The minimum atomic E-state index is -0.445. The molecule has 1 atom stereocenters. The number of β-amino-alcohol motifs (C(OH)–C–C–N with tert-alkyl or cyclic N) is 1. The van der Waals surface area contributed by atoms with Crippen molar-refractivity contribution >= 4 is 17.5 Å². The fourth-order valence-corrected chi connectivity index (χ4v) is 5.65. The van der Waals surface area contributed by atoms with Crippen LogP contribution in [-0.4, -0.2) is 78.3 Å². The monoisotopic (exact) mass is 471 g/mol. The third-order valence-corrected chi connectivity index (χ3v) is 7.59. The van der Waals surface area contributed by atoms with Gasteiger partial charge in [-0.2, -0.15) is 0 Å². The van der Waals surface area contributed by atoms with Gasteiger partial charge in [-0.25, -0.2) is 0 Å². The van der Waals surface area contributed by atoms with Gasteiger partial charge in [-0.3, -0.25) is 14.5 Å². The topological polar surface area (TPSA) is 73.3 Å². The van der Waals surface area contributed by atoms with Crippen molar-refractivity contribution in [1.29, 1.82) is 0 Å². The highest BCUT2D eigenvalue weighted by atomic mass is 16.5. The lowest BCUT2D eigenvalue weighted by molar-refractivity contribution is -0.116. The summed E-state index contributed by atoms with van der Waals surface area (Å²) in [6.45, 7) is 6.77. The van der Waals surface area contributed by atoms with Crippen molar-refractivity contribution in [3.8, 4) is 0 Å². The van der Waals surface area contributed by atoms with Crippen molar-refractivity contribution in [1.82, 2.24) is 9.80 Å². The standard InChI is InChI=1S/C27H41N3O4/c1-21(31)30-15-6-4-2-3-5-13-28(24-11-16-34-17-12-24)19-23-18-22(9-10-26(23)30)27(33)29-14-7-8-25(32)20-29/h9-10,18,24-25,32H,2-8,11-17,19-20H2,1H3. The number of fused-ring (bicyclic) bond motifs is 1. The molecule has 1 N–H and O–H groups in total. The van der Waals surface area contributed by atoms with E-state index in [1.165, 1.54) is 19.3 Å². The number of piperidine rings is 1. The van der Waals surface area contributed by atoms with Crippen molar-refractivity contribution in [3.05, 3.63) is 29.3 Å². The second kappa shape index (κ2) is 12.1. The fraction of sp³-hybridized carbons (Fsp3) is 0.704. The van der Waals surface area contributed by atoms with E-state index >= 15 is 0 Å². The molecule has 7 nitrogen and oxygen atoms in total. The van der Waals surface area contributed by atoms with Crippen LogP contribution in [0.1, 0.15) is 80.6 Å². The maximum absolute atomic E-state index is 13.3. The molecule has 1 aromatic carbocycles. The molecule has 2 amide bonds. The molecule has 0 aromatic heterocycles. The summed E-state index contributed by atoms with van der Waals surface area (Å²) < 4.78 is 5.62. The van der Waals surface area contributed by atoms with Crippen LogP contribution in [0.3, 0.4) is 0 Å². The summed E-state index contributed by atoms with van der Waals surface area (Å²) >= 11 is 0. The number of benzene rings is 1. The van der Waals surface area contributed by atoms with Crippen LogP contribution in [0.25, 0.3) is 0 Å². The Labute approximate surface area is 204 Å². The van der Waals surface area contributed by atoms with Crippen LogP contribution in [0.2, 0.25) is 0 Å².